The van der Waals surface area contributed by atoms with Gasteiger partial charge in [0, 0.05) is 0 Å². The van der Waals surface area contributed by atoms with Gasteiger partial charge in [-0.3, -0.25) is 0 Å². The molecular formula is C7H16OSi. The van der Waals surface area contributed by atoms with Crippen molar-refractivity contribution in [3.63, 3.8) is 0 Å². The molecule has 2 heteroatoms. The molecule has 1 unspecified atom stereocenters. The number of allylic oxidation sites excluding steroid dienone is 1. The van der Waals surface area contributed by atoms with Crippen molar-refractivity contribution in [3.8, 4) is 0 Å². The van der Waals surface area contributed by atoms with Gasteiger partial charge in [-0.15, -0.1) is 0 Å². The van der Waals surface area contributed by atoms with Gasteiger partial charge in [-0.25, -0.2) is 0 Å². The average molecular weight is 144 g/mol. The van der Waals surface area contributed by atoms with E-state index in [1.165, 1.54) is 6.42 Å². The van der Waals surface area contributed by atoms with Crippen LogP contribution in [0.3, 0.4) is 0 Å². The van der Waals surface area contributed by atoms with Gasteiger partial charge in [0.15, 0.2) is 9.04 Å². The fourth-order valence-electron chi connectivity index (χ4n) is 0.556. The smallest absolute Gasteiger partial charge is 0.196 e. The van der Waals surface area contributed by atoms with Gasteiger partial charge in [0.2, 0.25) is 0 Å². The summed E-state index contributed by atoms with van der Waals surface area (Å²) >= 11 is 0. The molecule has 0 rings (SSSR count). The van der Waals surface area contributed by atoms with Crippen molar-refractivity contribution in [2.24, 2.45) is 0 Å². The van der Waals surface area contributed by atoms with E-state index in [0.717, 1.165) is 12.5 Å². The lowest BCUT2D eigenvalue weighted by Gasteiger charge is -1.94. The van der Waals surface area contributed by atoms with Crippen LogP contribution in [0.15, 0.2) is 11.8 Å². The molecule has 0 spiro atoms. The summed E-state index contributed by atoms with van der Waals surface area (Å²) in [5.74, 6) is 0. The summed E-state index contributed by atoms with van der Waals surface area (Å²) < 4.78 is 0. The Hall–Kier alpha value is -0.0831. The highest BCUT2D eigenvalue weighted by molar-refractivity contribution is 6.56. The van der Waals surface area contributed by atoms with Gasteiger partial charge in [0.1, 0.15) is 0 Å². The molecule has 0 aromatic carbocycles. The van der Waals surface area contributed by atoms with Crippen molar-refractivity contribution in [3.05, 3.63) is 11.8 Å². The third-order valence-corrected chi connectivity index (χ3v) is 2.78. The Labute approximate surface area is 59.1 Å². The van der Waals surface area contributed by atoms with Crippen LogP contribution in [0.4, 0.5) is 0 Å². The summed E-state index contributed by atoms with van der Waals surface area (Å²) in [5, 5.41) is 0. The lowest BCUT2D eigenvalue weighted by Crippen LogP contribution is -2.04. The average Bonchev–Trinajstić information content (AvgIpc) is 1.89. The largest absolute Gasteiger partial charge is 0.431 e. The maximum atomic E-state index is 9.14. The van der Waals surface area contributed by atoms with Crippen LogP contribution < -0.4 is 0 Å². The maximum absolute atomic E-state index is 9.14. The second-order valence-corrected chi connectivity index (χ2v) is 4.53. The van der Waals surface area contributed by atoms with Crippen molar-refractivity contribution >= 4 is 9.04 Å². The SMILES string of the molecule is CCCC=C[SiH](O)CC. The summed E-state index contributed by atoms with van der Waals surface area (Å²) in [6, 6.07) is 0.959. The minimum absolute atomic E-state index is 0.959. The monoisotopic (exact) mass is 144 g/mol. The molecule has 0 fully saturated rings. The highest BCUT2D eigenvalue weighted by Gasteiger charge is 1.93. The number of hydrogen-bond acceptors (Lipinski definition) is 1. The van der Waals surface area contributed by atoms with Gasteiger partial charge in [0.05, 0.1) is 0 Å². The predicted molar refractivity (Wildman–Crippen MR) is 43.9 cm³/mol. The molecule has 0 radical (unpaired) electrons. The van der Waals surface area contributed by atoms with E-state index in [2.05, 4.69) is 13.0 Å². The van der Waals surface area contributed by atoms with Crippen molar-refractivity contribution < 1.29 is 4.80 Å². The fraction of sp³-hybridized carbons (Fsp3) is 0.714. The van der Waals surface area contributed by atoms with Gasteiger partial charge < -0.3 is 4.80 Å². The number of hydrogen-bond donors (Lipinski definition) is 1. The summed E-state index contributed by atoms with van der Waals surface area (Å²) in [7, 11) is -1.39. The quantitative estimate of drug-likeness (QED) is 0.594. The molecule has 0 saturated heterocycles. The van der Waals surface area contributed by atoms with Crippen LogP contribution in [0, 0.1) is 0 Å². The molecule has 0 amide bonds. The Balaban J connectivity index is 3.20. The standard InChI is InChI=1S/C7H16OSi/c1-3-5-6-7-9(8)4-2/h6-9H,3-5H2,1-2H3. The molecule has 0 aliphatic carbocycles. The van der Waals surface area contributed by atoms with Crippen LogP contribution in [0.25, 0.3) is 0 Å². The van der Waals surface area contributed by atoms with E-state index in [-0.39, 0.29) is 0 Å². The Bertz CT molecular complexity index is 81.0. The van der Waals surface area contributed by atoms with Crippen LogP contribution >= 0.6 is 0 Å². The Morgan fingerprint density at radius 3 is 2.56 bits per heavy atom. The van der Waals surface area contributed by atoms with Gasteiger partial charge in [0.25, 0.3) is 0 Å². The third kappa shape index (κ3) is 5.79. The first-order valence-corrected chi connectivity index (χ1v) is 5.66. The Kier molecular flexibility index (Phi) is 5.99. The van der Waals surface area contributed by atoms with Crippen LogP contribution in [-0.4, -0.2) is 13.8 Å². The topological polar surface area (TPSA) is 20.2 Å². The second kappa shape index (κ2) is 6.04. The van der Waals surface area contributed by atoms with E-state index in [1.54, 1.807) is 0 Å². The zero-order valence-electron chi connectivity index (χ0n) is 6.30. The van der Waals surface area contributed by atoms with Gasteiger partial charge in [-0.05, 0) is 12.5 Å². The molecular weight excluding hydrogens is 128 g/mol. The van der Waals surface area contributed by atoms with Crippen LogP contribution in [0.2, 0.25) is 6.04 Å². The first kappa shape index (κ1) is 8.92. The van der Waals surface area contributed by atoms with Crippen molar-refractivity contribution in [2.75, 3.05) is 0 Å². The fourth-order valence-corrected chi connectivity index (χ4v) is 1.33. The number of rotatable bonds is 4. The molecule has 1 nitrogen and oxygen atoms in total. The predicted octanol–water partition coefficient (Wildman–Crippen LogP) is 1.62. The molecule has 0 aliphatic rings. The van der Waals surface area contributed by atoms with Crippen molar-refractivity contribution in [2.45, 2.75) is 32.7 Å². The van der Waals surface area contributed by atoms with Crippen LogP contribution in [-0.2, 0) is 0 Å². The molecule has 0 saturated carbocycles. The number of unbranched alkanes of at least 4 members (excludes halogenated alkanes) is 1. The minimum Gasteiger partial charge on any atom is -0.431 e. The lowest BCUT2D eigenvalue weighted by atomic mass is 10.3. The van der Waals surface area contributed by atoms with Gasteiger partial charge in [-0.1, -0.05) is 32.0 Å². The van der Waals surface area contributed by atoms with E-state index in [1.807, 2.05) is 12.6 Å². The first-order chi connectivity index (χ1) is 4.31. The molecule has 9 heavy (non-hydrogen) atoms. The second-order valence-electron chi connectivity index (χ2n) is 2.19. The molecule has 0 aromatic rings. The molecule has 0 aromatic heterocycles. The van der Waals surface area contributed by atoms with Crippen molar-refractivity contribution in [1.29, 1.82) is 0 Å². The first-order valence-electron chi connectivity index (χ1n) is 3.66. The normalized spacial score (nSPS) is 14.6. The Morgan fingerprint density at radius 1 is 1.44 bits per heavy atom. The summed E-state index contributed by atoms with van der Waals surface area (Å²) in [6.45, 7) is 4.18. The molecule has 1 atom stereocenters. The third-order valence-electron chi connectivity index (χ3n) is 1.23. The summed E-state index contributed by atoms with van der Waals surface area (Å²) in [6.07, 6.45) is 4.39. The lowest BCUT2D eigenvalue weighted by molar-refractivity contribution is 0.584. The zero-order valence-corrected chi connectivity index (χ0v) is 7.46. The van der Waals surface area contributed by atoms with Gasteiger partial charge >= 0.3 is 0 Å². The van der Waals surface area contributed by atoms with E-state index >= 15 is 0 Å². The highest BCUT2D eigenvalue weighted by atomic mass is 28.3. The van der Waals surface area contributed by atoms with Crippen LogP contribution in [0.1, 0.15) is 26.7 Å². The molecule has 0 aliphatic heterocycles. The van der Waals surface area contributed by atoms with Crippen LogP contribution in [0.5, 0.6) is 0 Å². The minimum atomic E-state index is -1.39. The van der Waals surface area contributed by atoms with E-state index < -0.39 is 9.04 Å². The van der Waals surface area contributed by atoms with E-state index in [4.69, 9.17) is 4.80 Å². The summed E-state index contributed by atoms with van der Waals surface area (Å²) in [4.78, 5) is 9.14. The Morgan fingerprint density at radius 2 is 2.11 bits per heavy atom. The summed E-state index contributed by atoms with van der Waals surface area (Å²) in [5.41, 5.74) is 2.00. The molecule has 1 N–H and O–H groups in total. The van der Waals surface area contributed by atoms with Gasteiger partial charge in [-0.2, -0.15) is 0 Å². The van der Waals surface area contributed by atoms with Crippen molar-refractivity contribution in [1.82, 2.24) is 0 Å². The molecule has 0 heterocycles. The molecule has 54 valence electrons. The van der Waals surface area contributed by atoms with E-state index in [9.17, 15) is 0 Å². The zero-order chi connectivity index (χ0) is 7.11. The van der Waals surface area contributed by atoms with E-state index in [0.29, 0.717) is 0 Å². The maximum Gasteiger partial charge on any atom is 0.196 e. The molecule has 0 bridgehead atoms. The highest BCUT2D eigenvalue weighted by Crippen LogP contribution is 1.92.